The molecule has 0 aliphatic heterocycles. The minimum absolute atomic E-state index is 0.00410. The van der Waals surface area contributed by atoms with E-state index in [4.69, 9.17) is 10.5 Å². The second-order valence-electron chi connectivity index (χ2n) is 4.93. The molecule has 0 fully saturated rings. The number of carbonyl (C=O) groups is 1. The fourth-order valence-corrected chi connectivity index (χ4v) is 2.25. The van der Waals surface area contributed by atoms with Gasteiger partial charge in [0, 0.05) is 20.3 Å². The van der Waals surface area contributed by atoms with Gasteiger partial charge in [-0.05, 0) is 37.0 Å². The first-order valence-electron chi connectivity index (χ1n) is 7.13. The Kier molecular flexibility index (Phi) is 5.62. The Labute approximate surface area is 128 Å². The van der Waals surface area contributed by atoms with E-state index in [-0.39, 0.29) is 5.69 Å². The van der Waals surface area contributed by atoms with Crippen molar-refractivity contribution >= 4 is 5.97 Å². The molecular weight excluding hydrogens is 284 g/mol. The summed E-state index contributed by atoms with van der Waals surface area (Å²) in [4.78, 5) is 11.3. The van der Waals surface area contributed by atoms with Gasteiger partial charge in [-0.3, -0.25) is 0 Å². The minimum Gasteiger partial charge on any atom is -0.476 e. The molecule has 2 aromatic rings. The molecule has 0 amide bonds. The summed E-state index contributed by atoms with van der Waals surface area (Å²) in [6, 6.07) is 7.53. The quantitative estimate of drug-likeness (QED) is 0.714. The van der Waals surface area contributed by atoms with Crippen LogP contribution < -0.4 is 5.73 Å². The largest absolute Gasteiger partial charge is 0.476 e. The average Bonchev–Trinajstić information content (AvgIpc) is 2.95. The number of rotatable bonds is 8. The van der Waals surface area contributed by atoms with Gasteiger partial charge in [0.2, 0.25) is 0 Å². The highest BCUT2D eigenvalue weighted by molar-refractivity contribution is 5.86. The van der Waals surface area contributed by atoms with Crippen molar-refractivity contribution in [3.63, 3.8) is 0 Å². The number of unbranched alkanes of at least 4 members (excludes halogenated alkanes) is 1. The number of carboxylic acids is 1. The number of ether oxygens (including phenoxy) is 1. The average molecular weight is 304 g/mol. The second kappa shape index (κ2) is 7.67. The number of nitrogens with zero attached hydrogens (tertiary/aromatic N) is 3. The van der Waals surface area contributed by atoms with Crippen LogP contribution in [0.15, 0.2) is 24.3 Å². The van der Waals surface area contributed by atoms with Crippen molar-refractivity contribution in [1.82, 2.24) is 15.0 Å². The van der Waals surface area contributed by atoms with E-state index in [1.807, 2.05) is 24.3 Å². The van der Waals surface area contributed by atoms with Crippen molar-refractivity contribution in [3.8, 4) is 5.69 Å². The monoisotopic (exact) mass is 304 g/mol. The van der Waals surface area contributed by atoms with Gasteiger partial charge in [0.1, 0.15) is 0 Å². The van der Waals surface area contributed by atoms with Crippen LogP contribution in [0.5, 0.6) is 0 Å². The molecule has 1 aromatic heterocycles. The third kappa shape index (κ3) is 3.69. The third-order valence-corrected chi connectivity index (χ3v) is 3.37. The van der Waals surface area contributed by atoms with E-state index in [9.17, 15) is 9.90 Å². The number of hydrogen-bond acceptors (Lipinski definition) is 5. The van der Waals surface area contributed by atoms with Gasteiger partial charge in [-0.1, -0.05) is 17.3 Å². The molecule has 0 unspecified atom stereocenters. The highest BCUT2D eigenvalue weighted by atomic mass is 16.5. The van der Waals surface area contributed by atoms with Crippen molar-refractivity contribution in [3.05, 3.63) is 41.2 Å². The summed E-state index contributed by atoms with van der Waals surface area (Å²) >= 11 is 0. The highest BCUT2D eigenvalue weighted by Crippen LogP contribution is 2.17. The van der Waals surface area contributed by atoms with E-state index in [2.05, 4.69) is 10.3 Å². The molecule has 0 aliphatic rings. The summed E-state index contributed by atoms with van der Waals surface area (Å²) in [6.45, 7) is 1.06. The fraction of sp³-hybridized carbons (Fsp3) is 0.400. The predicted octanol–water partition coefficient (Wildman–Crippen LogP) is 1.39. The molecule has 0 spiro atoms. The Hall–Kier alpha value is -2.25. The molecule has 0 saturated carbocycles. The molecule has 7 nitrogen and oxygen atoms in total. The lowest BCUT2D eigenvalue weighted by Crippen LogP contribution is -2.08. The van der Waals surface area contributed by atoms with E-state index >= 15 is 0 Å². The van der Waals surface area contributed by atoms with Gasteiger partial charge >= 0.3 is 5.97 Å². The lowest BCUT2D eigenvalue weighted by atomic mass is 10.1. The van der Waals surface area contributed by atoms with E-state index < -0.39 is 5.97 Å². The smallest absolute Gasteiger partial charge is 0.358 e. The van der Waals surface area contributed by atoms with Gasteiger partial charge in [0.15, 0.2) is 5.69 Å². The van der Waals surface area contributed by atoms with Gasteiger partial charge < -0.3 is 15.6 Å². The van der Waals surface area contributed by atoms with Crippen LogP contribution >= 0.6 is 0 Å². The van der Waals surface area contributed by atoms with Crippen LogP contribution in [0, 0.1) is 0 Å². The molecule has 0 saturated heterocycles. The van der Waals surface area contributed by atoms with Crippen molar-refractivity contribution < 1.29 is 14.6 Å². The van der Waals surface area contributed by atoms with E-state index in [0.29, 0.717) is 25.3 Å². The van der Waals surface area contributed by atoms with Gasteiger partial charge in [0.25, 0.3) is 0 Å². The Bertz CT molecular complexity index is 639. The molecule has 2 rings (SSSR count). The van der Waals surface area contributed by atoms with Crippen LogP contribution in [-0.2, 0) is 17.7 Å². The highest BCUT2D eigenvalue weighted by Gasteiger charge is 2.19. The number of nitrogens with two attached hydrogens (primary N) is 1. The van der Waals surface area contributed by atoms with Gasteiger partial charge in [-0.2, -0.15) is 0 Å². The molecule has 7 heteroatoms. The molecule has 0 bridgehead atoms. The van der Waals surface area contributed by atoms with Crippen LogP contribution in [0.25, 0.3) is 5.69 Å². The standard InChI is InChI=1S/C15H20N4O3/c1-22-8-3-2-7-13-14(15(20)21)17-18-19(13)12-6-4-5-11(9-12)10-16/h4-6,9H,2-3,7-8,10,16H2,1H3,(H,20,21). The van der Waals surface area contributed by atoms with Gasteiger partial charge in [-0.15, -0.1) is 5.10 Å². The summed E-state index contributed by atoms with van der Waals surface area (Å²) in [5, 5.41) is 17.1. The topological polar surface area (TPSA) is 103 Å². The Morgan fingerprint density at radius 1 is 1.41 bits per heavy atom. The SMILES string of the molecule is COCCCCc1c(C(=O)O)nnn1-c1cccc(CN)c1. The summed E-state index contributed by atoms with van der Waals surface area (Å²) in [7, 11) is 1.65. The first-order valence-corrected chi connectivity index (χ1v) is 7.13. The fourth-order valence-electron chi connectivity index (χ4n) is 2.25. The zero-order chi connectivity index (χ0) is 15.9. The van der Waals surface area contributed by atoms with Gasteiger partial charge in [-0.25, -0.2) is 9.48 Å². The number of methoxy groups -OCH3 is 1. The molecule has 0 radical (unpaired) electrons. The van der Waals surface area contributed by atoms with Crippen LogP contribution in [0.1, 0.15) is 34.6 Å². The van der Waals surface area contributed by atoms with Crippen LogP contribution in [-0.4, -0.2) is 39.8 Å². The van der Waals surface area contributed by atoms with Crippen LogP contribution in [0.2, 0.25) is 0 Å². The zero-order valence-corrected chi connectivity index (χ0v) is 12.5. The van der Waals surface area contributed by atoms with Crippen molar-refractivity contribution in [2.45, 2.75) is 25.8 Å². The second-order valence-corrected chi connectivity index (χ2v) is 4.93. The van der Waals surface area contributed by atoms with Gasteiger partial charge in [0.05, 0.1) is 11.4 Å². The molecule has 3 N–H and O–H groups in total. The molecule has 118 valence electrons. The van der Waals surface area contributed by atoms with E-state index in [0.717, 1.165) is 24.1 Å². The van der Waals surface area contributed by atoms with Crippen molar-refractivity contribution in [2.24, 2.45) is 5.73 Å². The minimum atomic E-state index is -1.07. The lowest BCUT2D eigenvalue weighted by Gasteiger charge is -2.08. The number of aromatic nitrogens is 3. The predicted molar refractivity (Wildman–Crippen MR) is 81.0 cm³/mol. The molecule has 0 aliphatic carbocycles. The maximum atomic E-state index is 11.3. The van der Waals surface area contributed by atoms with E-state index in [1.165, 1.54) is 0 Å². The molecule has 22 heavy (non-hydrogen) atoms. The van der Waals surface area contributed by atoms with E-state index in [1.54, 1.807) is 11.8 Å². The molecule has 0 atom stereocenters. The summed E-state index contributed by atoms with van der Waals surface area (Å²) in [5.74, 6) is -1.07. The molecular formula is C15H20N4O3. The third-order valence-electron chi connectivity index (χ3n) is 3.37. The first-order chi connectivity index (χ1) is 10.7. The Morgan fingerprint density at radius 3 is 2.91 bits per heavy atom. The normalized spacial score (nSPS) is 10.8. The summed E-state index contributed by atoms with van der Waals surface area (Å²) < 4.78 is 6.59. The number of aromatic carboxylic acids is 1. The molecule has 1 aromatic carbocycles. The van der Waals surface area contributed by atoms with Crippen LogP contribution in [0.3, 0.4) is 0 Å². The van der Waals surface area contributed by atoms with Crippen molar-refractivity contribution in [2.75, 3.05) is 13.7 Å². The summed E-state index contributed by atoms with van der Waals surface area (Å²) in [6.07, 6.45) is 2.23. The van der Waals surface area contributed by atoms with Crippen molar-refractivity contribution in [1.29, 1.82) is 0 Å². The zero-order valence-electron chi connectivity index (χ0n) is 12.5. The number of carboxylic acid groups (broad SMARTS) is 1. The number of benzene rings is 1. The number of hydrogen-bond donors (Lipinski definition) is 2. The Balaban J connectivity index is 2.31. The maximum Gasteiger partial charge on any atom is 0.358 e. The molecule has 1 heterocycles. The first kappa shape index (κ1) is 16.1. The summed E-state index contributed by atoms with van der Waals surface area (Å²) in [5.41, 5.74) is 7.96. The maximum absolute atomic E-state index is 11.3. The Morgan fingerprint density at radius 2 is 2.23 bits per heavy atom. The van der Waals surface area contributed by atoms with Crippen LogP contribution in [0.4, 0.5) is 0 Å². The lowest BCUT2D eigenvalue weighted by molar-refractivity contribution is 0.0689.